The highest BCUT2D eigenvalue weighted by Crippen LogP contribution is 2.63. The number of alkyl carbamates (subject to hydrolysis) is 1. The van der Waals surface area contributed by atoms with Crippen LogP contribution in [0.25, 0.3) is 0 Å². The monoisotopic (exact) mass is 553 g/mol. The Bertz CT molecular complexity index is 1270. The Balaban J connectivity index is 1.52. The first-order valence-corrected chi connectivity index (χ1v) is 13.9. The van der Waals surface area contributed by atoms with E-state index in [0.717, 1.165) is 5.56 Å². The number of ether oxygens (including phenoxy) is 4. The largest absolute Gasteiger partial charge is 0.445 e. The van der Waals surface area contributed by atoms with Crippen molar-refractivity contribution in [3.63, 3.8) is 0 Å². The number of amides is 1. The van der Waals surface area contributed by atoms with Crippen LogP contribution in [0.15, 0.2) is 46.1 Å². The van der Waals surface area contributed by atoms with Gasteiger partial charge < -0.3 is 33.3 Å². The minimum Gasteiger partial charge on any atom is -0.445 e. The Hall–Kier alpha value is -2.80. The third-order valence-corrected chi connectivity index (χ3v) is 8.55. The quantitative estimate of drug-likeness (QED) is 0.419. The number of hydrogen-bond donors (Lipinski definition) is 2. The number of H-pyrrole nitrogens is 1. The Morgan fingerprint density at radius 2 is 1.89 bits per heavy atom. The summed E-state index contributed by atoms with van der Waals surface area (Å²) in [5.41, 5.74) is -1.98. The summed E-state index contributed by atoms with van der Waals surface area (Å²) in [6.45, 7) is 4.48. The Morgan fingerprint density at radius 1 is 1.18 bits per heavy atom. The van der Waals surface area contributed by atoms with Crippen molar-refractivity contribution in [3.05, 3.63) is 68.5 Å². The fourth-order valence-corrected chi connectivity index (χ4v) is 6.21. The number of aromatic amines is 1. The van der Waals surface area contributed by atoms with E-state index < -0.39 is 55.4 Å². The number of rotatable bonds is 10. The lowest BCUT2D eigenvalue weighted by atomic mass is 10.1. The molecule has 1 aromatic carbocycles. The molecule has 0 spiro atoms. The van der Waals surface area contributed by atoms with Gasteiger partial charge in [-0.15, -0.1) is 0 Å². The first-order valence-electron chi connectivity index (χ1n) is 12.3. The number of aryl methyl sites for hydroxylation is 1. The second-order valence-corrected chi connectivity index (χ2v) is 11.0. The van der Waals surface area contributed by atoms with Crippen LogP contribution >= 0.6 is 7.60 Å². The number of aromatic nitrogens is 2. The van der Waals surface area contributed by atoms with Crippen LogP contribution in [0.4, 0.5) is 4.79 Å². The Kier molecular flexibility index (Phi) is 8.86. The van der Waals surface area contributed by atoms with Gasteiger partial charge in [-0.1, -0.05) is 30.3 Å². The van der Waals surface area contributed by atoms with Crippen molar-refractivity contribution in [1.82, 2.24) is 14.9 Å². The first kappa shape index (κ1) is 28.2. The zero-order valence-corrected chi connectivity index (χ0v) is 22.3. The van der Waals surface area contributed by atoms with E-state index in [9.17, 15) is 18.9 Å². The molecule has 14 heteroatoms. The van der Waals surface area contributed by atoms with Crippen molar-refractivity contribution in [1.29, 1.82) is 0 Å². The van der Waals surface area contributed by atoms with Crippen LogP contribution in [0.3, 0.4) is 0 Å². The maximum Gasteiger partial charge on any atom is 0.407 e. The van der Waals surface area contributed by atoms with Crippen molar-refractivity contribution in [2.45, 2.75) is 57.8 Å². The lowest BCUT2D eigenvalue weighted by molar-refractivity contribution is -0.273. The van der Waals surface area contributed by atoms with Gasteiger partial charge in [0.2, 0.25) is 0 Å². The summed E-state index contributed by atoms with van der Waals surface area (Å²) in [6.07, 6.45) is -1.27. The summed E-state index contributed by atoms with van der Waals surface area (Å²) < 4.78 is 49.7. The summed E-state index contributed by atoms with van der Waals surface area (Å²) in [5.74, 6) is 0. The lowest BCUT2D eigenvalue weighted by Crippen LogP contribution is -2.56. The van der Waals surface area contributed by atoms with E-state index in [1.807, 2.05) is 30.3 Å². The van der Waals surface area contributed by atoms with Gasteiger partial charge in [0.15, 0.2) is 0 Å². The zero-order chi connectivity index (χ0) is 27.3. The number of nitrogens with zero attached hydrogens (tertiary/aromatic N) is 1. The molecule has 38 heavy (non-hydrogen) atoms. The molecule has 2 saturated heterocycles. The molecule has 0 aliphatic carbocycles. The molecule has 3 heterocycles. The van der Waals surface area contributed by atoms with E-state index in [-0.39, 0.29) is 32.8 Å². The van der Waals surface area contributed by atoms with Crippen LogP contribution in [-0.4, -0.2) is 59.7 Å². The highest BCUT2D eigenvalue weighted by molar-refractivity contribution is 7.55. The second-order valence-electron chi connectivity index (χ2n) is 8.77. The molecule has 0 bridgehead atoms. The molecule has 1 amide bonds. The minimum atomic E-state index is -4.11. The number of hydrogen-bond acceptors (Lipinski definition) is 10. The summed E-state index contributed by atoms with van der Waals surface area (Å²) in [4.78, 5) is 38.9. The van der Waals surface area contributed by atoms with Gasteiger partial charge in [0.25, 0.3) is 11.1 Å². The van der Waals surface area contributed by atoms with Gasteiger partial charge >= 0.3 is 19.4 Å². The SMILES string of the molecule is CCOP(=O)(OCC)[C@@]1(CNC(=O)OCc2ccccc2)OC[C@H]2O[C@@H](n3cc(C)c(=O)[nH]c3=O)C[C@@H]2O1. The molecular weight excluding hydrogens is 521 g/mol. The molecule has 0 radical (unpaired) electrons. The maximum atomic E-state index is 13.9. The van der Waals surface area contributed by atoms with Crippen LogP contribution in [0, 0.1) is 6.92 Å². The smallest absolute Gasteiger partial charge is 0.407 e. The molecule has 1 aromatic heterocycles. The Morgan fingerprint density at radius 3 is 2.58 bits per heavy atom. The molecule has 208 valence electrons. The predicted molar refractivity (Wildman–Crippen MR) is 134 cm³/mol. The van der Waals surface area contributed by atoms with Crippen LogP contribution in [-0.2, 0) is 39.2 Å². The van der Waals surface area contributed by atoms with E-state index in [0.29, 0.717) is 5.56 Å². The van der Waals surface area contributed by atoms with Crippen molar-refractivity contribution >= 4 is 13.7 Å². The molecule has 0 saturated carbocycles. The third kappa shape index (κ3) is 5.93. The lowest BCUT2D eigenvalue weighted by Gasteiger charge is -2.43. The number of fused-ring (bicyclic) bond motifs is 1. The van der Waals surface area contributed by atoms with Crippen molar-refractivity contribution < 1.29 is 37.4 Å². The van der Waals surface area contributed by atoms with Crippen LogP contribution < -0.4 is 16.6 Å². The maximum absolute atomic E-state index is 13.9. The number of benzene rings is 1. The fraction of sp³-hybridized carbons (Fsp3) is 0.542. The van der Waals surface area contributed by atoms with E-state index in [1.165, 1.54) is 10.8 Å². The van der Waals surface area contributed by atoms with Gasteiger partial charge in [-0.25, -0.2) is 9.59 Å². The summed E-state index contributed by atoms with van der Waals surface area (Å²) >= 11 is 0. The second kappa shape index (κ2) is 11.9. The summed E-state index contributed by atoms with van der Waals surface area (Å²) in [7, 11) is -4.11. The summed E-state index contributed by atoms with van der Waals surface area (Å²) in [5, 5.41) is 2.55. The molecule has 2 N–H and O–H groups in total. The minimum absolute atomic E-state index is 0.0312. The van der Waals surface area contributed by atoms with Gasteiger partial charge in [-0.3, -0.25) is 18.9 Å². The van der Waals surface area contributed by atoms with Crippen molar-refractivity contribution in [3.8, 4) is 0 Å². The van der Waals surface area contributed by atoms with Gasteiger partial charge in [-0.2, -0.15) is 0 Å². The normalized spacial score (nSPS) is 25.1. The fourth-order valence-electron chi connectivity index (χ4n) is 4.29. The van der Waals surface area contributed by atoms with Crippen molar-refractivity contribution in [2.75, 3.05) is 26.4 Å². The number of carbonyl (C=O) groups is 1. The molecule has 2 aliphatic rings. The molecule has 0 unspecified atom stereocenters. The van der Waals surface area contributed by atoms with Gasteiger partial charge in [0.1, 0.15) is 18.9 Å². The van der Waals surface area contributed by atoms with Crippen LogP contribution in [0.1, 0.15) is 37.6 Å². The topological polar surface area (TPSA) is 156 Å². The Labute approximate surface area is 218 Å². The average Bonchev–Trinajstić information content (AvgIpc) is 3.32. The predicted octanol–water partition coefficient (Wildman–Crippen LogP) is 2.39. The molecule has 2 aliphatic heterocycles. The van der Waals surface area contributed by atoms with Crippen LogP contribution in [0.5, 0.6) is 0 Å². The highest BCUT2D eigenvalue weighted by Gasteiger charge is 2.60. The van der Waals surface area contributed by atoms with E-state index >= 15 is 0 Å². The molecule has 13 nitrogen and oxygen atoms in total. The van der Waals surface area contributed by atoms with E-state index in [4.69, 9.17) is 28.0 Å². The molecule has 4 rings (SSSR count). The molecule has 2 fully saturated rings. The third-order valence-electron chi connectivity index (χ3n) is 6.13. The molecule has 2 aromatic rings. The molecule has 4 atom stereocenters. The van der Waals surface area contributed by atoms with Gasteiger partial charge in [0.05, 0.1) is 32.5 Å². The van der Waals surface area contributed by atoms with Gasteiger partial charge in [-0.05, 0) is 26.3 Å². The highest BCUT2D eigenvalue weighted by atomic mass is 31.2. The summed E-state index contributed by atoms with van der Waals surface area (Å²) in [6, 6.07) is 9.12. The average molecular weight is 554 g/mol. The number of nitrogens with one attached hydrogen (secondary N) is 2. The zero-order valence-electron chi connectivity index (χ0n) is 21.4. The standard InChI is InChI=1S/C24H32N3O10P/c1-4-34-38(31,35-5-2)24(15-25-23(30)32-13-17-9-7-6-8-10-17)33-14-19-18(37-24)11-20(36-19)27-12-16(3)21(28)26-22(27)29/h6-10,12,18-20H,4-5,11,13-15H2,1-3H3,(H,25,30)(H,26,28,29)/t18-,19+,20+,24-/m0/s1. The van der Waals surface area contributed by atoms with Crippen molar-refractivity contribution in [2.24, 2.45) is 0 Å². The number of carbonyl (C=O) groups excluding carboxylic acids is 1. The first-order chi connectivity index (χ1) is 18.2. The molecular formula is C24H32N3O10P. The van der Waals surface area contributed by atoms with Crippen LogP contribution in [0.2, 0.25) is 0 Å². The van der Waals surface area contributed by atoms with E-state index in [1.54, 1.807) is 20.8 Å². The van der Waals surface area contributed by atoms with Gasteiger partial charge in [0, 0.05) is 18.2 Å². The van der Waals surface area contributed by atoms with E-state index in [2.05, 4.69) is 10.3 Å².